The molecule has 0 aromatic heterocycles. The van der Waals surface area contributed by atoms with Gasteiger partial charge in [-0.3, -0.25) is 19.4 Å². The molecule has 0 N–H and O–H groups in total. The summed E-state index contributed by atoms with van der Waals surface area (Å²) in [5.74, 6) is -0.308. The van der Waals surface area contributed by atoms with Crippen molar-refractivity contribution < 1.29 is 14.3 Å². The number of rotatable bonds is 6. The maximum absolute atomic E-state index is 13.6. The van der Waals surface area contributed by atoms with Crippen LogP contribution < -0.4 is 14.5 Å². The van der Waals surface area contributed by atoms with Crippen LogP contribution in [-0.2, 0) is 16.2 Å². The van der Waals surface area contributed by atoms with E-state index < -0.39 is 11.8 Å². The van der Waals surface area contributed by atoms with Crippen molar-refractivity contribution in [2.24, 2.45) is 0 Å². The van der Waals surface area contributed by atoms with Crippen LogP contribution in [0.1, 0.15) is 11.1 Å². The molecule has 1 heterocycles. The van der Waals surface area contributed by atoms with Gasteiger partial charge in [-0.15, -0.1) is 0 Å². The van der Waals surface area contributed by atoms with Gasteiger partial charge in [-0.1, -0.05) is 78.9 Å². The van der Waals surface area contributed by atoms with Crippen molar-refractivity contribution in [1.82, 2.24) is 0 Å². The number of thiocarbonyl (C=S) groups is 1. The summed E-state index contributed by atoms with van der Waals surface area (Å²) in [5.41, 5.74) is 2.91. The lowest BCUT2D eigenvalue weighted by molar-refractivity contribution is -0.120. The Kier molecular flexibility index (Phi) is 6.69. The molecule has 0 bridgehead atoms. The minimum Gasteiger partial charge on any atom is -0.489 e. The lowest BCUT2D eigenvalue weighted by Crippen LogP contribution is -2.56. The van der Waals surface area contributed by atoms with Crippen molar-refractivity contribution in [2.75, 3.05) is 9.80 Å². The highest BCUT2D eigenvalue weighted by molar-refractivity contribution is 7.81. The number of anilines is 2. The van der Waals surface area contributed by atoms with Crippen molar-refractivity contribution in [3.05, 3.63) is 132 Å². The van der Waals surface area contributed by atoms with E-state index in [1.807, 2.05) is 91.0 Å². The van der Waals surface area contributed by atoms with Crippen molar-refractivity contribution in [3.8, 4) is 5.75 Å². The lowest BCUT2D eigenvalue weighted by Gasteiger charge is -2.36. The van der Waals surface area contributed by atoms with E-state index in [1.54, 1.807) is 30.3 Å². The molecule has 36 heavy (non-hydrogen) atoms. The number of ether oxygens (including phenoxy) is 1. The number of amides is 2. The molecule has 0 radical (unpaired) electrons. The highest BCUT2D eigenvalue weighted by Gasteiger charge is 2.41. The van der Waals surface area contributed by atoms with Crippen LogP contribution in [0.25, 0.3) is 6.08 Å². The van der Waals surface area contributed by atoms with Gasteiger partial charge in [-0.05, 0) is 65.8 Å². The van der Waals surface area contributed by atoms with E-state index in [0.717, 1.165) is 5.56 Å². The molecular weight excluding hydrogens is 468 g/mol. The summed E-state index contributed by atoms with van der Waals surface area (Å²) < 4.78 is 5.93. The number of carbonyl (C=O) groups excluding carboxylic acids is 2. The molecule has 5 nitrogen and oxygen atoms in total. The quantitative estimate of drug-likeness (QED) is 0.189. The van der Waals surface area contributed by atoms with Crippen LogP contribution >= 0.6 is 12.2 Å². The van der Waals surface area contributed by atoms with Gasteiger partial charge >= 0.3 is 0 Å². The van der Waals surface area contributed by atoms with Crippen LogP contribution in [0, 0.1) is 0 Å². The number of para-hydroxylation sites is 2. The second kappa shape index (κ2) is 10.4. The molecule has 0 aliphatic carbocycles. The first-order valence-corrected chi connectivity index (χ1v) is 11.8. The highest BCUT2D eigenvalue weighted by Crippen LogP contribution is 2.30. The Hall–Kier alpha value is -4.55. The fraction of sp³-hybridized carbons (Fsp3) is 0.0333. The fourth-order valence-electron chi connectivity index (χ4n) is 3.94. The molecule has 4 aromatic carbocycles. The summed E-state index contributed by atoms with van der Waals surface area (Å²) in [4.78, 5) is 30.0. The van der Waals surface area contributed by atoms with Gasteiger partial charge in [0.15, 0.2) is 5.11 Å². The molecule has 1 fully saturated rings. The predicted octanol–water partition coefficient (Wildman–Crippen LogP) is 6.01. The first-order valence-electron chi connectivity index (χ1n) is 11.4. The molecule has 0 saturated carbocycles. The van der Waals surface area contributed by atoms with E-state index >= 15 is 0 Å². The molecule has 0 unspecified atom stereocenters. The molecule has 0 atom stereocenters. The maximum Gasteiger partial charge on any atom is 0.270 e. The zero-order valence-corrected chi connectivity index (χ0v) is 20.1. The minimum atomic E-state index is -0.473. The summed E-state index contributed by atoms with van der Waals surface area (Å²) in [7, 11) is 0. The molecule has 1 aliphatic rings. The van der Waals surface area contributed by atoms with Gasteiger partial charge < -0.3 is 4.74 Å². The number of hydrogen-bond acceptors (Lipinski definition) is 4. The van der Waals surface area contributed by atoms with Crippen molar-refractivity contribution in [1.29, 1.82) is 0 Å². The third kappa shape index (κ3) is 4.80. The third-order valence-electron chi connectivity index (χ3n) is 5.70. The zero-order valence-electron chi connectivity index (χ0n) is 19.3. The second-order valence-electron chi connectivity index (χ2n) is 8.14. The Morgan fingerprint density at radius 1 is 0.667 bits per heavy atom. The minimum absolute atomic E-state index is 0.0107. The molecule has 2 amide bonds. The van der Waals surface area contributed by atoms with E-state index in [2.05, 4.69) is 0 Å². The normalized spacial score (nSPS) is 13.7. The van der Waals surface area contributed by atoms with Crippen molar-refractivity contribution >= 4 is 46.6 Å². The number of nitrogens with zero attached hydrogens (tertiary/aromatic N) is 2. The molecule has 6 heteroatoms. The van der Waals surface area contributed by atoms with Crippen LogP contribution in [0.5, 0.6) is 5.75 Å². The molecule has 1 saturated heterocycles. The first kappa shape index (κ1) is 23.2. The zero-order chi connectivity index (χ0) is 24.9. The molecule has 176 valence electrons. The van der Waals surface area contributed by atoms with Crippen LogP contribution in [0.2, 0.25) is 0 Å². The Morgan fingerprint density at radius 3 is 1.75 bits per heavy atom. The highest BCUT2D eigenvalue weighted by atomic mass is 32.1. The Morgan fingerprint density at radius 2 is 1.19 bits per heavy atom. The van der Waals surface area contributed by atoms with Gasteiger partial charge in [-0.2, -0.15) is 0 Å². The largest absolute Gasteiger partial charge is 0.489 e. The van der Waals surface area contributed by atoms with E-state index in [0.29, 0.717) is 29.3 Å². The first-order chi connectivity index (χ1) is 17.6. The average Bonchev–Trinajstić information content (AvgIpc) is 2.92. The van der Waals surface area contributed by atoms with Crippen LogP contribution in [0.4, 0.5) is 11.4 Å². The molecule has 5 rings (SSSR count). The summed E-state index contributed by atoms with van der Waals surface area (Å²) in [6.07, 6.45) is 1.59. The van der Waals surface area contributed by atoms with Gasteiger partial charge in [0.2, 0.25) is 0 Å². The van der Waals surface area contributed by atoms with Crippen molar-refractivity contribution in [2.45, 2.75) is 6.61 Å². The Bertz CT molecular complexity index is 1370. The lowest BCUT2D eigenvalue weighted by atomic mass is 10.0. The van der Waals surface area contributed by atoms with Crippen LogP contribution in [0.3, 0.4) is 0 Å². The van der Waals surface area contributed by atoms with E-state index in [1.165, 1.54) is 9.80 Å². The Balaban J connectivity index is 1.51. The monoisotopic (exact) mass is 490 g/mol. The number of carbonyl (C=O) groups is 2. The molecule has 1 aliphatic heterocycles. The SMILES string of the molecule is O=C1C(=Cc2cccc(OCc3ccccc3)c2)C(=O)N(c2ccccc2)C(=S)N1c1ccccc1. The molecular formula is C30H22N2O3S. The second-order valence-corrected chi connectivity index (χ2v) is 8.50. The molecule has 4 aromatic rings. The summed E-state index contributed by atoms with van der Waals surface area (Å²) in [6.45, 7) is 0.413. The van der Waals surface area contributed by atoms with Gasteiger partial charge in [0.1, 0.15) is 17.9 Å². The summed E-state index contributed by atoms with van der Waals surface area (Å²) in [5, 5.41) is 0.111. The van der Waals surface area contributed by atoms with Crippen molar-refractivity contribution in [3.63, 3.8) is 0 Å². The summed E-state index contributed by atoms with van der Waals surface area (Å²) >= 11 is 5.65. The number of benzene rings is 4. The van der Waals surface area contributed by atoms with Gasteiger partial charge in [-0.25, -0.2) is 0 Å². The van der Waals surface area contributed by atoms with E-state index in [-0.39, 0.29) is 10.7 Å². The van der Waals surface area contributed by atoms with Crippen LogP contribution in [0.15, 0.2) is 121 Å². The third-order valence-corrected chi connectivity index (χ3v) is 6.06. The maximum atomic E-state index is 13.6. The topological polar surface area (TPSA) is 49.9 Å². The Labute approximate surface area is 214 Å². The number of hydrogen-bond donors (Lipinski definition) is 0. The standard InChI is InChI=1S/C30H22N2O3S/c33-28-27(20-23-13-10-18-26(19-23)35-21-22-11-4-1-5-12-22)29(34)32(25-16-8-3-9-17-25)30(36)31(28)24-14-6-2-7-15-24/h1-20H,21H2. The predicted molar refractivity (Wildman–Crippen MR) is 146 cm³/mol. The molecule has 0 spiro atoms. The van der Waals surface area contributed by atoms with Gasteiger partial charge in [0, 0.05) is 0 Å². The smallest absolute Gasteiger partial charge is 0.270 e. The van der Waals surface area contributed by atoms with E-state index in [9.17, 15) is 9.59 Å². The summed E-state index contributed by atoms with van der Waals surface area (Å²) in [6, 6.07) is 35.4. The van der Waals surface area contributed by atoms with Gasteiger partial charge in [0.05, 0.1) is 11.4 Å². The van der Waals surface area contributed by atoms with Crippen LogP contribution in [-0.4, -0.2) is 16.9 Å². The van der Waals surface area contributed by atoms with E-state index in [4.69, 9.17) is 17.0 Å². The average molecular weight is 491 g/mol. The fourth-order valence-corrected chi connectivity index (χ4v) is 4.32. The van der Waals surface area contributed by atoms with Gasteiger partial charge in [0.25, 0.3) is 11.8 Å².